The molecule has 1 N–H and O–H groups in total. The van der Waals surface area contributed by atoms with Crippen molar-refractivity contribution in [3.8, 4) is 0 Å². The van der Waals surface area contributed by atoms with Crippen LogP contribution in [0.25, 0.3) is 5.57 Å². The molecule has 158 valence electrons. The first kappa shape index (κ1) is 21.3. The zero-order chi connectivity index (χ0) is 22.3. The van der Waals surface area contributed by atoms with E-state index in [0.717, 1.165) is 10.6 Å². The molecule has 0 bridgehead atoms. The molecule has 0 saturated heterocycles. The molecule has 0 unspecified atom stereocenters. The lowest BCUT2D eigenvalue weighted by Crippen LogP contribution is -2.33. The van der Waals surface area contributed by atoms with Gasteiger partial charge in [-0.1, -0.05) is 56.6 Å². The van der Waals surface area contributed by atoms with Gasteiger partial charge in [0.25, 0.3) is 11.8 Å². The molecule has 0 spiro atoms. The van der Waals surface area contributed by atoms with Gasteiger partial charge in [0, 0.05) is 15.6 Å². The van der Waals surface area contributed by atoms with Crippen LogP contribution >= 0.6 is 22.9 Å². The number of carbonyl (C=O) groups excluding carboxylic acids is 2. The summed E-state index contributed by atoms with van der Waals surface area (Å²) < 4.78 is 0. The van der Waals surface area contributed by atoms with Crippen LogP contribution in [0, 0.1) is 6.92 Å². The van der Waals surface area contributed by atoms with Gasteiger partial charge in [0.05, 0.1) is 11.3 Å². The number of carbonyl (C=O) groups is 2. The van der Waals surface area contributed by atoms with E-state index in [9.17, 15) is 9.59 Å². The van der Waals surface area contributed by atoms with E-state index in [-0.39, 0.29) is 17.0 Å². The third-order valence-electron chi connectivity index (χ3n) is 5.35. The maximum Gasteiger partial charge on any atom is 0.282 e. The molecule has 0 atom stereocenters. The van der Waals surface area contributed by atoms with Gasteiger partial charge in [0.15, 0.2) is 0 Å². The average molecular weight is 451 g/mol. The zero-order valence-electron chi connectivity index (χ0n) is 17.8. The van der Waals surface area contributed by atoms with E-state index in [0.29, 0.717) is 21.8 Å². The lowest BCUT2D eigenvalue weighted by atomic mass is 9.87. The van der Waals surface area contributed by atoms with Crippen LogP contribution < -0.4 is 10.2 Å². The number of halogens is 1. The zero-order valence-corrected chi connectivity index (χ0v) is 19.4. The third-order valence-corrected chi connectivity index (χ3v) is 6.65. The topological polar surface area (TPSA) is 49.4 Å². The first-order valence-electron chi connectivity index (χ1n) is 9.98. The number of thiophene rings is 1. The van der Waals surface area contributed by atoms with Crippen molar-refractivity contribution in [1.29, 1.82) is 0 Å². The van der Waals surface area contributed by atoms with Gasteiger partial charge in [-0.15, -0.1) is 11.3 Å². The maximum atomic E-state index is 13.5. The van der Waals surface area contributed by atoms with Crippen LogP contribution in [0.15, 0.2) is 65.7 Å². The van der Waals surface area contributed by atoms with Gasteiger partial charge in [-0.25, -0.2) is 4.90 Å². The van der Waals surface area contributed by atoms with Crippen molar-refractivity contribution in [3.05, 3.63) is 86.7 Å². The molecule has 2 aromatic carbocycles. The number of amides is 2. The van der Waals surface area contributed by atoms with Crippen LogP contribution in [0.5, 0.6) is 0 Å². The van der Waals surface area contributed by atoms with Crippen molar-refractivity contribution < 1.29 is 9.59 Å². The molecule has 4 rings (SSSR count). The van der Waals surface area contributed by atoms with Crippen molar-refractivity contribution in [3.63, 3.8) is 0 Å². The largest absolute Gasteiger partial charge is 0.350 e. The number of imide groups is 1. The van der Waals surface area contributed by atoms with E-state index >= 15 is 0 Å². The number of nitrogens with zero attached hydrogens (tertiary/aromatic N) is 1. The van der Waals surface area contributed by atoms with Crippen LogP contribution in [0.3, 0.4) is 0 Å². The molecule has 2 heterocycles. The summed E-state index contributed by atoms with van der Waals surface area (Å²) in [6.07, 6.45) is 0. The molecule has 4 nitrogen and oxygen atoms in total. The molecular weight excluding hydrogens is 428 g/mol. The smallest absolute Gasteiger partial charge is 0.282 e. The second-order valence-corrected chi connectivity index (χ2v) is 9.86. The highest BCUT2D eigenvalue weighted by molar-refractivity contribution is 7.11. The molecule has 31 heavy (non-hydrogen) atoms. The molecule has 3 aromatic rings. The Morgan fingerprint density at radius 2 is 1.65 bits per heavy atom. The number of nitrogens with one attached hydrogen (secondary N) is 1. The van der Waals surface area contributed by atoms with Gasteiger partial charge in [-0.2, -0.15) is 0 Å². The van der Waals surface area contributed by atoms with Gasteiger partial charge in [0.2, 0.25) is 0 Å². The number of rotatable bonds is 4. The van der Waals surface area contributed by atoms with Gasteiger partial charge >= 0.3 is 0 Å². The number of hydrogen-bond donors (Lipinski definition) is 1. The molecule has 1 aromatic heterocycles. The fourth-order valence-corrected chi connectivity index (χ4v) is 4.49. The maximum absolute atomic E-state index is 13.5. The Hall–Kier alpha value is -2.89. The van der Waals surface area contributed by atoms with Crippen molar-refractivity contribution in [2.45, 2.75) is 33.1 Å². The van der Waals surface area contributed by atoms with E-state index < -0.39 is 5.91 Å². The Morgan fingerprint density at radius 1 is 0.935 bits per heavy atom. The van der Waals surface area contributed by atoms with E-state index in [1.54, 1.807) is 25.1 Å². The number of anilines is 2. The molecular formula is C25H23ClN2O2S. The minimum absolute atomic E-state index is 0.0278. The Balaban J connectivity index is 1.77. The van der Waals surface area contributed by atoms with Crippen LogP contribution in [0.4, 0.5) is 11.4 Å². The summed E-state index contributed by atoms with van der Waals surface area (Å²) in [6.45, 7) is 8.26. The van der Waals surface area contributed by atoms with Crippen molar-refractivity contribution in [1.82, 2.24) is 0 Å². The molecule has 0 saturated carbocycles. The highest BCUT2D eigenvalue weighted by Crippen LogP contribution is 2.38. The van der Waals surface area contributed by atoms with Gasteiger partial charge in [0.1, 0.15) is 5.70 Å². The first-order valence-corrected chi connectivity index (χ1v) is 11.2. The van der Waals surface area contributed by atoms with Gasteiger partial charge < -0.3 is 5.32 Å². The minimum atomic E-state index is -0.390. The molecule has 1 aliphatic rings. The number of benzene rings is 2. The lowest BCUT2D eigenvalue weighted by molar-refractivity contribution is -0.120. The van der Waals surface area contributed by atoms with Gasteiger partial charge in [-0.3, -0.25) is 9.59 Å². The van der Waals surface area contributed by atoms with E-state index in [2.05, 4.69) is 26.1 Å². The summed E-state index contributed by atoms with van der Waals surface area (Å²) in [7, 11) is 0. The Morgan fingerprint density at radius 3 is 2.26 bits per heavy atom. The predicted octanol–water partition coefficient (Wildman–Crippen LogP) is 6.40. The monoisotopic (exact) mass is 450 g/mol. The van der Waals surface area contributed by atoms with E-state index in [1.165, 1.54) is 21.8 Å². The van der Waals surface area contributed by atoms with E-state index in [1.807, 2.05) is 41.8 Å². The Kier molecular flexibility index (Phi) is 5.50. The minimum Gasteiger partial charge on any atom is -0.350 e. The summed E-state index contributed by atoms with van der Waals surface area (Å²) in [5.41, 5.74) is 3.80. The standard InChI is InChI=1S/C25H23ClN2O2S/c1-15-18(26)7-5-8-19(15)28-23(29)21(20-9-6-14-31-20)22(24(28)30)27-17-12-10-16(11-13-17)25(2,3)4/h5-14,27H,1-4H3. The summed E-state index contributed by atoms with van der Waals surface area (Å²) in [5, 5.41) is 5.61. The average Bonchev–Trinajstić information content (AvgIpc) is 3.31. The predicted molar refractivity (Wildman–Crippen MR) is 129 cm³/mol. The lowest BCUT2D eigenvalue weighted by Gasteiger charge is -2.20. The summed E-state index contributed by atoms with van der Waals surface area (Å²) in [5.74, 6) is -0.745. The quantitative estimate of drug-likeness (QED) is 0.467. The highest BCUT2D eigenvalue weighted by Gasteiger charge is 2.41. The molecule has 1 aliphatic heterocycles. The molecule has 2 amide bonds. The highest BCUT2D eigenvalue weighted by atomic mass is 35.5. The van der Waals surface area contributed by atoms with E-state index in [4.69, 9.17) is 11.6 Å². The third kappa shape index (κ3) is 3.91. The van der Waals surface area contributed by atoms with Crippen LogP contribution in [0.2, 0.25) is 5.02 Å². The fraction of sp³-hybridized carbons (Fsp3) is 0.200. The Labute approximate surface area is 191 Å². The molecule has 0 radical (unpaired) electrons. The number of hydrogen-bond acceptors (Lipinski definition) is 4. The van der Waals surface area contributed by atoms with Crippen molar-refractivity contribution in [2.75, 3.05) is 10.2 Å². The molecule has 6 heteroatoms. The molecule has 0 aliphatic carbocycles. The normalized spacial score (nSPS) is 14.5. The first-order chi connectivity index (χ1) is 14.7. The summed E-state index contributed by atoms with van der Waals surface area (Å²) in [4.78, 5) is 28.9. The second-order valence-electron chi connectivity index (χ2n) is 8.51. The van der Waals surface area contributed by atoms with Crippen molar-refractivity contribution in [2.24, 2.45) is 0 Å². The summed E-state index contributed by atoms with van der Waals surface area (Å²) >= 11 is 7.69. The van der Waals surface area contributed by atoms with Gasteiger partial charge in [-0.05, 0) is 59.2 Å². The molecule has 0 fully saturated rings. The van der Waals surface area contributed by atoms with Crippen LogP contribution in [-0.2, 0) is 15.0 Å². The van der Waals surface area contributed by atoms with Crippen molar-refractivity contribution >= 4 is 51.7 Å². The second kappa shape index (κ2) is 7.98. The van der Waals surface area contributed by atoms with Crippen LogP contribution in [0.1, 0.15) is 36.8 Å². The SMILES string of the molecule is Cc1c(Cl)cccc1N1C(=O)C(Nc2ccc(C(C)(C)C)cc2)=C(c2cccs2)C1=O. The fourth-order valence-electron chi connectivity index (χ4n) is 3.55. The summed E-state index contributed by atoms with van der Waals surface area (Å²) in [6, 6.07) is 16.9. The van der Waals surface area contributed by atoms with Crippen LogP contribution in [-0.4, -0.2) is 11.8 Å². The Bertz CT molecular complexity index is 1190.